The summed E-state index contributed by atoms with van der Waals surface area (Å²) in [5.74, 6) is -1.16. The highest BCUT2D eigenvalue weighted by molar-refractivity contribution is 5.82. The second-order valence-corrected chi connectivity index (χ2v) is 4.99. The van der Waals surface area contributed by atoms with Crippen LogP contribution in [0.5, 0.6) is 11.5 Å². The van der Waals surface area contributed by atoms with Gasteiger partial charge in [-0.3, -0.25) is 0 Å². The number of nitrogens with zero attached hydrogens (tertiary/aromatic N) is 2. The highest BCUT2D eigenvalue weighted by Crippen LogP contribution is 2.12. The number of carbonyl (C=O) groups is 2. The molecule has 8 heteroatoms. The first kappa shape index (κ1) is 18.7. The second-order valence-electron chi connectivity index (χ2n) is 4.99. The maximum atomic E-state index is 10.4. The van der Waals surface area contributed by atoms with Crippen molar-refractivity contribution in [3.05, 3.63) is 59.7 Å². The Kier molecular flexibility index (Phi) is 6.87. The number of aliphatic carboxylic acids is 2. The minimum atomic E-state index is -1.04. The Balaban J connectivity index is 1.85. The zero-order valence-electron chi connectivity index (χ0n) is 13.6. The largest absolute Gasteiger partial charge is 0.482 e. The quantitative estimate of drug-likeness (QED) is 0.524. The summed E-state index contributed by atoms with van der Waals surface area (Å²) >= 11 is 0. The van der Waals surface area contributed by atoms with Crippen molar-refractivity contribution in [1.82, 2.24) is 0 Å². The average Bonchev–Trinajstić information content (AvgIpc) is 2.63. The van der Waals surface area contributed by atoms with Gasteiger partial charge in [0.05, 0.1) is 12.4 Å². The van der Waals surface area contributed by atoms with E-state index < -0.39 is 25.2 Å². The molecule has 0 amide bonds. The zero-order valence-corrected chi connectivity index (χ0v) is 13.6. The predicted molar refractivity (Wildman–Crippen MR) is 94.3 cm³/mol. The smallest absolute Gasteiger partial charge is 0.341 e. The third-order valence-corrected chi connectivity index (χ3v) is 2.97. The van der Waals surface area contributed by atoms with E-state index >= 15 is 0 Å². The van der Waals surface area contributed by atoms with Crippen molar-refractivity contribution in [3.8, 4) is 11.5 Å². The molecule has 26 heavy (non-hydrogen) atoms. The van der Waals surface area contributed by atoms with Gasteiger partial charge in [0.15, 0.2) is 13.2 Å². The summed E-state index contributed by atoms with van der Waals surface area (Å²) in [5.41, 5.74) is 1.56. The maximum Gasteiger partial charge on any atom is 0.341 e. The van der Waals surface area contributed by atoms with Crippen molar-refractivity contribution in [2.75, 3.05) is 13.2 Å². The molecule has 0 aliphatic rings. The van der Waals surface area contributed by atoms with E-state index in [4.69, 9.17) is 19.7 Å². The fourth-order valence-corrected chi connectivity index (χ4v) is 1.79. The minimum Gasteiger partial charge on any atom is -0.482 e. The monoisotopic (exact) mass is 356 g/mol. The van der Waals surface area contributed by atoms with Gasteiger partial charge in [-0.15, -0.1) is 0 Å². The Morgan fingerprint density at radius 3 is 1.38 bits per heavy atom. The molecule has 0 unspecified atom stereocenters. The summed E-state index contributed by atoms with van der Waals surface area (Å²) in [4.78, 5) is 20.8. The molecule has 0 aliphatic heterocycles. The van der Waals surface area contributed by atoms with Crippen LogP contribution in [0.4, 0.5) is 0 Å². The summed E-state index contributed by atoms with van der Waals surface area (Å²) in [6.07, 6.45) is 3.09. The molecule has 0 heterocycles. The number of carboxylic acid groups (broad SMARTS) is 2. The van der Waals surface area contributed by atoms with Gasteiger partial charge >= 0.3 is 11.9 Å². The van der Waals surface area contributed by atoms with Gasteiger partial charge in [0, 0.05) is 0 Å². The topological polar surface area (TPSA) is 118 Å². The standard InChI is InChI=1S/C18H16N2O6/c21-17(22)11-25-15-5-1-13(2-6-15)9-19-20-10-14-3-7-16(8-4-14)26-12-18(23)24/h1-10H,11-12H2,(H,21,22)(H,23,24)/b19-9-,20-10-. The molecule has 0 radical (unpaired) electrons. The Hall–Kier alpha value is -3.68. The summed E-state index contributed by atoms with van der Waals surface area (Å²) in [5, 5.41) is 24.9. The van der Waals surface area contributed by atoms with E-state index in [2.05, 4.69) is 10.2 Å². The van der Waals surface area contributed by atoms with Crippen LogP contribution in [0.1, 0.15) is 11.1 Å². The van der Waals surface area contributed by atoms with Gasteiger partial charge in [0.2, 0.25) is 0 Å². The Labute approximate surface area is 149 Å². The SMILES string of the molecule is O=C(O)COc1ccc(/C=N\N=C/c2ccc(OCC(=O)O)cc2)cc1. The van der Waals surface area contributed by atoms with Crippen LogP contribution in [0.15, 0.2) is 58.7 Å². The molecular weight excluding hydrogens is 340 g/mol. The van der Waals surface area contributed by atoms with E-state index in [-0.39, 0.29) is 0 Å². The molecule has 2 N–H and O–H groups in total. The van der Waals surface area contributed by atoms with Gasteiger partial charge in [-0.05, 0) is 59.7 Å². The molecule has 0 saturated heterocycles. The van der Waals surface area contributed by atoms with Crippen LogP contribution < -0.4 is 9.47 Å². The summed E-state index contributed by atoms with van der Waals surface area (Å²) < 4.78 is 10.1. The molecule has 0 aliphatic carbocycles. The van der Waals surface area contributed by atoms with Crippen LogP contribution in [0.2, 0.25) is 0 Å². The van der Waals surface area contributed by atoms with Gasteiger partial charge in [0.25, 0.3) is 0 Å². The number of benzene rings is 2. The van der Waals surface area contributed by atoms with Crippen molar-refractivity contribution < 1.29 is 29.3 Å². The van der Waals surface area contributed by atoms with Crippen molar-refractivity contribution in [2.24, 2.45) is 10.2 Å². The van der Waals surface area contributed by atoms with E-state index in [0.717, 1.165) is 11.1 Å². The molecule has 2 aromatic carbocycles. The fourth-order valence-electron chi connectivity index (χ4n) is 1.79. The molecule has 0 aromatic heterocycles. The Morgan fingerprint density at radius 1 is 0.731 bits per heavy atom. The molecule has 2 rings (SSSR count). The number of carboxylic acids is 2. The van der Waals surface area contributed by atoms with Crippen molar-refractivity contribution in [2.45, 2.75) is 0 Å². The van der Waals surface area contributed by atoms with E-state index in [1.54, 1.807) is 61.0 Å². The van der Waals surface area contributed by atoms with Crippen molar-refractivity contribution in [3.63, 3.8) is 0 Å². The summed E-state index contributed by atoms with van der Waals surface area (Å²) in [6.45, 7) is -0.782. The zero-order chi connectivity index (χ0) is 18.8. The molecule has 0 saturated carbocycles. The fraction of sp³-hybridized carbons (Fsp3) is 0.111. The third-order valence-electron chi connectivity index (χ3n) is 2.97. The third kappa shape index (κ3) is 6.83. The summed E-state index contributed by atoms with van der Waals surface area (Å²) in [6, 6.07) is 13.5. The van der Waals surface area contributed by atoms with Gasteiger partial charge in [-0.1, -0.05) is 0 Å². The van der Waals surface area contributed by atoms with Gasteiger partial charge in [-0.2, -0.15) is 10.2 Å². The van der Waals surface area contributed by atoms with Gasteiger partial charge in [0.1, 0.15) is 11.5 Å². The second kappa shape index (κ2) is 9.58. The molecule has 8 nitrogen and oxygen atoms in total. The van der Waals surface area contributed by atoms with E-state index in [1.807, 2.05) is 0 Å². The average molecular weight is 356 g/mol. The summed E-state index contributed by atoms with van der Waals surface area (Å²) in [7, 11) is 0. The van der Waals surface area contributed by atoms with Crippen molar-refractivity contribution in [1.29, 1.82) is 0 Å². The Morgan fingerprint density at radius 2 is 1.08 bits per heavy atom. The van der Waals surface area contributed by atoms with Crippen LogP contribution in [0.3, 0.4) is 0 Å². The number of hydrogen-bond donors (Lipinski definition) is 2. The van der Waals surface area contributed by atoms with Crippen LogP contribution in [-0.4, -0.2) is 47.8 Å². The first-order valence-electron chi connectivity index (χ1n) is 7.48. The van der Waals surface area contributed by atoms with E-state index in [1.165, 1.54) is 0 Å². The highest BCUT2D eigenvalue weighted by atomic mass is 16.5. The molecule has 0 spiro atoms. The van der Waals surface area contributed by atoms with E-state index in [9.17, 15) is 9.59 Å². The molecule has 134 valence electrons. The number of ether oxygens (including phenoxy) is 2. The van der Waals surface area contributed by atoms with Crippen LogP contribution in [-0.2, 0) is 9.59 Å². The molecule has 0 fully saturated rings. The Bertz CT molecular complexity index is 728. The lowest BCUT2D eigenvalue weighted by Gasteiger charge is -2.02. The van der Waals surface area contributed by atoms with Crippen LogP contribution >= 0.6 is 0 Å². The normalized spacial score (nSPS) is 10.9. The van der Waals surface area contributed by atoms with Crippen LogP contribution in [0.25, 0.3) is 0 Å². The van der Waals surface area contributed by atoms with Crippen LogP contribution in [0, 0.1) is 0 Å². The number of rotatable bonds is 9. The van der Waals surface area contributed by atoms with Gasteiger partial charge < -0.3 is 19.7 Å². The first-order chi connectivity index (χ1) is 12.5. The first-order valence-corrected chi connectivity index (χ1v) is 7.48. The lowest BCUT2D eigenvalue weighted by Crippen LogP contribution is -2.09. The molecule has 2 aromatic rings. The minimum absolute atomic E-state index is 0.391. The lowest BCUT2D eigenvalue weighted by molar-refractivity contribution is -0.140. The van der Waals surface area contributed by atoms with Gasteiger partial charge in [-0.25, -0.2) is 9.59 Å². The van der Waals surface area contributed by atoms with Crippen molar-refractivity contribution >= 4 is 24.4 Å². The molecular formula is C18H16N2O6. The maximum absolute atomic E-state index is 10.4. The molecule has 0 atom stereocenters. The van der Waals surface area contributed by atoms with E-state index in [0.29, 0.717) is 11.5 Å². The predicted octanol–water partition coefficient (Wildman–Crippen LogP) is 2.07. The number of hydrogen-bond acceptors (Lipinski definition) is 6. The molecule has 0 bridgehead atoms. The highest BCUT2D eigenvalue weighted by Gasteiger charge is 1.99. The lowest BCUT2D eigenvalue weighted by atomic mass is 10.2.